The maximum absolute atomic E-state index is 12.8. The van der Waals surface area contributed by atoms with E-state index in [4.69, 9.17) is 0 Å². The van der Waals surface area contributed by atoms with Crippen LogP contribution in [0.4, 0.5) is 24.0 Å². The quantitative estimate of drug-likeness (QED) is 0.631. The van der Waals surface area contributed by atoms with Crippen LogP contribution >= 0.6 is 11.3 Å². The van der Waals surface area contributed by atoms with Crippen LogP contribution in [0.5, 0.6) is 0 Å². The third-order valence-electron chi connectivity index (χ3n) is 3.65. The molecule has 1 N–H and O–H groups in total. The second-order valence-corrected chi connectivity index (χ2v) is 6.10. The molecule has 0 aliphatic carbocycles. The van der Waals surface area contributed by atoms with Crippen LogP contribution in [0, 0.1) is 0 Å². The van der Waals surface area contributed by atoms with Crippen molar-refractivity contribution in [1.29, 1.82) is 0 Å². The molecule has 132 valence electrons. The number of hydrogen-bond acceptors (Lipinski definition) is 2. The van der Waals surface area contributed by atoms with Crippen LogP contribution in [0.2, 0.25) is 0 Å². The fraction of sp³-hybridized carbons (Fsp3) is 0.167. The number of halogens is 4. The Labute approximate surface area is 158 Å². The summed E-state index contributed by atoms with van der Waals surface area (Å²) in [7, 11) is 0. The molecule has 0 spiro atoms. The Morgan fingerprint density at radius 2 is 1.76 bits per heavy atom. The third-order valence-corrected chi connectivity index (χ3v) is 4.53. The van der Waals surface area contributed by atoms with E-state index < -0.39 is 11.7 Å². The van der Waals surface area contributed by atoms with Gasteiger partial charge in [-0.05, 0) is 25.1 Å². The summed E-state index contributed by atoms with van der Waals surface area (Å²) in [5.41, 5.74) is 1.88. The lowest BCUT2D eigenvalue weighted by molar-refractivity contribution is -0.664. The number of nitrogens with zero attached hydrogens (tertiary/aromatic N) is 1. The normalized spacial score (nSPS) is 11.0. The fourth-order valence-electron chi connectivity index (χ4n) is 2.49. The van der Waals surface area contributed by atoms with Crippen molar-refractivity contribution in [2.45, 2.75) is 19.6 Å². The summed E-state index contributed by atoms with van der Waals surface area (Å²) in [6, 6.07) is 15.2. The van der Waals surface area contributed by atoms with Crippen molar-refractivity contribution in [3.05, 3.63) is 65.5 Å². The molecule has 2 nitrogen and oxygen atoms in total. The van der Waals surface area contributed by atoms with Crippen LogP contribution in [0.15, 0.2) is 60.0 Å². The van der Waals surface area contributed by atoms with Gasteiger partial charge in [-0.15, -0.1) is 0 Å². The van der Waals surface area contributed by atoms with Crippen LogP contribution in [-0.2, 0) is 12.7 Å². The van der Waals surface area contributed by atoms with Gasteiger partial charge in [-0.25, -0.2) is 9.88 Å². The number of aromatic nitrogens is 1. The number of alkyl halides is 3. The molecule has 0 amide bonds. The topological polar surface area (TPSA) is 15.9 Å². The molecule has 3 rings (SSSR count). The summed E-state index contributed by atoms with van der Waals surface area (Å²) in [6.45, 7) is 2.73. The minimum Gasteiger partial charge on any atom is -1.00 e. The highest BCUT2D eigenvalue weighted by Gasteiger charge is 2.31. The molecule has 0 unspecified atom stereocenters. The average molecular weight is 429 g/mol. The first kappa shape index (κ1) is 19.5. The lowest BCUT2D eigenvalue weighted by Gasteiger charge is -2.07. The molecule has 2 aromatic carbocycles. The van der Waals surface area contributed by atoms with Gasteiger partial charge in [-0.3, -0.25) is 0 Å². The van der Waals surface area contributed by atoms with E-state index in [0.717, 1.165) is 35.1 Å². The van der Waals surface area contributed by atoms with E-state index in [1.807, 2.05) is 42.6 Å². The largest absolute Gasteiger partial charge is 1.00 e. The van der Waals surface area contributed by atoms with Crippen LogP contribution in [0.25, 0.3) is 11.3 Å². The molecule has 25 heavy (non-hydrogen) atoms. The van der Waals surface area contributed by atoms with E-state index in [1.165, 1.54) is 17.4 Å². The first-order valence-corrected chi connectivity index (χ1v) is 8.38. The molecule has 0 saturated heterocycles. The number of rotatable bonds is 4. The van der Waals surface area contributed by atoms with Crippen molar-refractivity contribution in [2.24, 2.45) is 0 Å². The first-order chi connectivity index (χ1) is 11.5. The molecule has 0 fully saturated rings. The maximum atomic E-state index is 12.8. The molecule has 0 saturated carbocycles. The number of thiazole rings is 1. The van der Waals surface area contributed by atoms with Gasteiger partial charge in [0.25, 0.3) is 0 Å². The zero-order valence-corrected chi connectivity index (χ0v) is 15.8. The Bertz CT molecular complexity index is 832. The summed E-state index contributed by atoms with van der Waals surface area (Å²) >= 11 is 1.47. The van der Waals surface area contributed by atoms with E-state index in [9.17, 15) is 13.2 Å². The zero-order valence-electron chi connectivity index (χ0n) is 13.3. The summed E-state index contributed by atoms with van der Waals surface area (Å²) in [6.07, 6.45) is -4.34. The molecular weight excluding hydrogens is 413 g/mol. The highest BCUT2D eigenvalue weighted by Crippen LogP contribution is 2.32. The summed E-state index contributed by atoms with van der Waals surface area (Å²) in [5.74, 6) is 0. The van der Waals surface area contributed by atoms with Crippen LogP contribution in [0.1, 0.15) is 12.5 Å². The fourth-order valence-corrected chi connectivity index (χ4v) is 3.51. The van der Waals surface area contributed by atoms with Crippen molar-refractivity contribution in [3.8, 4) is 11.3 Å². The van der Waals surface area contributed by atoms with Gasteiger partial charge in [0.05, 0.1) is 12.1 Å². The molecule has 7 heteroatoms. The van der Waals surface area contributed by atoms with Crippen LogP contribution in [-0.4, -0.2) is 0 Å². The second-order valence-electron chi connectivity index (χ2n) is 5.24. The Balaban J connectivity index is 0.00000225. The van der Waals surface area contributed by atoms with E-state index in [2.05, 4.69) is 9.88 Å². The number of benzene rings is 2. The predicted octanol–water partition coefficient (Wildman–Crippen LogP) is 2.49. The minimum atomic E-state index is -4.34. The molecule has 3 aromatic rings. The molecular formula is C18H16BrF3N2S. The number of nitrogens with one attached hydrogen (secondary N) is 1. The van der Waals surface area contributed by atoms with Crippen molar-refractivity contribution in [3.63, 3.8) is 0 Å². The van der Waals surface area contributed by atoms with Gasteiger partial charge in [0.1, 0.15) is 11.4 Å². The zero-order chi connectivity index (χ0) is 17.2. The van der Waals surface area contributed by atoms with E-state index >= 15 is 0 Å². The molecule has 0 bridgehead atoms. The Hall–Kier alpha value is -1.86. The first-order valence-electron chi connectivity index (χ1n) is 7.50. The lowest BCUT2D eigenvalue weighted by Crippen LogP contribution is -3.00. The standard InChI is InChI=1S/C18H15F3N2S.BrH/c1-2-23-16(13-7-4-3-5-8-13)12-24-17(23)22-15-10-6-9-14(11-15)18(19,20)21;/h3-12H,2H2,1H3;1H. The minimum absolute atomic E-state index is 0. The summed E-state index contributed by atoms with van der Waals surface area (Å²) in [4.78, 5) is 0. The highest BCUT2D eigenvalue weighted by atomic mass is 79.9. The van der Waals surface area contributed by atoms with Crippen molar-refractivity contribution < 1.29 is 34.7 Å². The van der Waals surface area contributed by atoms with Crippen molar-refractivity contribution >= 4 is 22.2 Å². The molecule has 0 aliphatic heterocycles. The van der Waals surface area contributed by atoms with Gasteiger partial charge >= 0.3 is 11.3 Å². The van der Waals surface area contributed by atoms with Crippen molar-refractivity contribution in [1.82, 2.24) is 0 Å². The number of anilines is 2. The summed E-state index contributed by atoms with van der Waals surface area (Å²) in [5, 5.41) is 5.92. The molecule has 0 aliphatic rings. The Morgan fingerprint density at radius 3 is 2.40 bits per heavy atom. The second kappa shape index (κ2) is 8.01. The maximum Gasteiger partial charge on any atom is 0.416 e. The van der Waals surface area contributed by atoms with Gasteiger partial charge < -0.3 is 17.0 Å². The third kappa shape index (κ3) is 4.41. The smallest absolute Gasteiger partial charge is 0.416 e. The molecule has 0 radical (unpaired) electrons. The molecule has 1 heterocycles. The predicted molar refractivity (Wildman–Crippen MR) is 90.4 cm³/mol. The average Bonchev–Trinajstić information content (AvgIpc) is 2.98. The van der Waals surface area contributed by atoms with Crippen molar-refractivity contribution in [2.75, 3.05) is 5.32 Å². The Morgan fingerprint density at radius 1 is 1.04 bits per heavy atom. The molecule has 0 atom stereocenters. The lowest BCUT2D eigenvalue weighted by atomic mass is 10.2. The SMILES string of the molecule is CC[n+]1c(-c2ccccc2)csc1Nc1cccc(C(F)(F)F)c1.[Br-]. The van der Waals surface area contributed by atoms with Gasteiger partial charge in [0.15, 0.2) is 0 Å². The van der Waals surface area contributed by atoms with Gasteiger partial charge in [-0.1, -0.05) is 47.7 Å². The van der Waals surface area contributed by atoms with Gasteiger partial charge in [-0.2, -0.15) is 13.2 Å². The van der Waals surface area contributed by atoms with Crippen LogP contribution in [0.3, 0.4) is 0 Å². The number of hydrogen-bond donors (Lipinski definition) is 1. The van der Waals surface area contributed by atoms with E-state index in [0.29, 0.717) is 5.69 Å². The monoisotopic (exact) mass is 428 g/mol. The summed E-state index contributed by atoms with van der Waals surface area (Å²) < 4.78 is 40.6. The van der Waals surface area contributed by atoms with Gasteiger partial charge in [0.2, 0.25) is 0 Å². The Kier molecular flexibility index (Phi) is 6.24. The van der Waals surface area contributed by atoms with E-state index in [-0.39, 0.29) is 17.0 Å². The van der Waals surface area contributed by atoms with E-state index in [1.54, 1.807) is 6.07 Å². The molecule has 1 aromatic heterocycles. The van der Waals surface area contributed by atoms with Crippen LogP contribution < -0.4 is 26.9 Å². The highest BCUT2D eigenvalue weighted by molar-refractivity contribution is 7.13. The van der Waals surface area contributed by atoms with Gasteiger partial charge in [0, 0.05) is 10.9 Å².